The van der Waals surface area contributed by atoms with Crippen LogP contribution in [-0.4, -0.2) is 33.0 Å². The number of hydrogen-bond acceptors (Lipinski definition) is 3. The maximum Gasteiger partial charge on any atom is 0.148 e. The van der Waals surface area contributed by atoms with Crippen molar-refractivity contribution in [1.29, 1.82) is 0 Å². The standard InChI is InChI=1S/C13H19BrFNO2S/c1-3-6-16-12(9-19(2,17)18)8-10-7-11(15)4-5-13(10)14/h4-5,7,12,16H,3,6,8-9H2,1-2H3. The first kappa shape index (κ1) is 16.6. The fourth-order valence-corrected chi connectivity index (χ4v) is 3.24. The lowest BCUT2D eigenvalue weighted by Crippen LogP contribution is -2.37. The first-order valence-electron chi connectivity index (χ1n) is 6.17. The molecule has 0 spiro atoms. The van der Waals surface area contributed by atoms with Crippen molar-refractivity contribution in [1.82, 2.24) is 5.32 Å². The molecular weight excluding hydrogens is 333 g/mol. The Morgan fingerprint density at radius 1 is 1.42 bits per heavy atom. The van der Waals surface area contributed by atoms with Crippen LogP contribution in [0.25, 0.3) is 0 Å². The molecule has 1 aromatic rings. The molecule has 108 valence electrons. The molecule has 3 nitrogen and oxygen atoms in total. The molecule has 1 aromatic carbocycles. The van der Waals surface area contributed by atoms with Gasteiger partial charge in [-0.25, -0.2) is 12.8 Å². The molecule has 0 radical (unpaired) electrons. The van der Waals surface area contributed by atoms with Gasteiger partial charge >= 0.3 is 0 Å². The van der Waals surface area contributed by atoms with E-state index >= 15 is 0 Å². The number of rotatable bonds is 7. The van der Waals surface area contributed by atoms with Crippen LogP contribution in [0.4, 0.5) is 4.39 Å². The largest absolute Gasteiger partial charge is 0.313 e. The van der Waals surface area contributed by atoms with Gasteiger partial charge in [-0.05, 0) is 43.1 Å². The molecule has 0 amide bonds. The summed E-state index contributed by atoms with van der Waals surface area (Å²) in [6, 6.07) is 4.25. The first-order valence-corrected chi connectivity index (χ1v) is 9.02. The van der Waals surface area contributed by atoms with E-state index in [1.165, 1.54) is 18.4 Å². The highest BCUT2D eigenvalue weighted by atomic mass is 79.9. The van der Waals surface area contributed by atoms with Crippen LogP contribution in [0.3, 0.4) is 0 Å². The van der Waals surface area contributed by atoms with E-state index in [1.807, 2.05) is 6.92 Å². The summed E-state index contributed by atoms with van der Waals surface area (Å²) in [7, 11) is -3.07. The maximum atomic E-state index is 13.2. The third kappa shape index (κ3) is 6.49. The summed E-state index contributed by atoms with van der Waals surface area (Å²) >= 11 is 3.36. The lowest BCUT2D eigenvalue weighted by Gasteiger charge is -2.18. The summed E-state index contributed by atoms with van der Waals surface area (Å²) in [5.74, 6) is -0.262. The van der Waals surface area contributed by atoms with Crippen LogP contribution in [0.1, 0.15) is 18.9 Å². The number of sulfone groups is 1. The minimum atomic E-state index is -3.07. The van der Waals surface area contributed by atoms with Gasteiger partial charge in [-0.3, -0.25) is 0 Å². The maximum absolute atomic E-state index is 13.2. The fraction of sp³-hybridized carbons (Fsp3) is 0.538. The van der Waals surface area contributed by atoms with Crippen LogP contribution >= 0.6 is 15.9 Å². The van der Waals surface area contributed by atoms with Gasteiger partial charge in [-0.15, -0.1) is 0 Å². The summed E-state index contributed by atoms with van der Waals surface area (Å²) in [6.07, 6.45) is 2.62. The van der Waals surface area contributed by atoms with Crippen molar-refractivity contribution < 1.29 is 12.8 Å². The number of nitrogens with one attached hydrogen (secondary N) is 1. The van der Waals surface area contributed by atoms with Crippen LogP contribution in [0.5, 0.6) is 0 Å². The van der Waals surface area contributed by atoms with Gasteiger partial charge in [-0.1, -0.05) is 22.9 Å². The van der Waals surface area contributed by atoms with Gasteiger partial charge in [-0.2, -0.15) is 0 Å². The van der Waals surface area contributed by atoms with E-state index < -0.39 is 9.84 Å². The molecule has 0 saturated carbocycles. The molecule has 1 unspecified atom stereocenters. The van der Waals surface area contributed by atoms with Crippen LogP contribution in [-0.2, 0) is 16.3 Å². The van der Waals surface area contributed by atoms with Crippen molar-refractivity contribution in [2.24, 2.45) is 0 Å². The van der Waals surface area contributed by atoms with Crippen molar-refractivity contribution in [3.8, 4) is 0 Å². The summed E-state index contributed by atoms with van der Waals surface area (Å²) in [6.45, 7) is 2.76. The van der Waals surface area contributed by atoms with E-state index in [-0.39, 0.29) is 17.6 Å². The molecule has 0 aliphatic rings. The summed E-state index contributed by atoms with van der Waals surface area (Å²) < 4.78 is 36.9. The SMILES string of the molecule is CCCNC(Cc1cc(F)ccc1Br)CS(C)(=O)=O. The van der Waals surface area contributed by atoms with Crippen molar-refractivity contribution in [2.75, 3.05) is 18.6 Å². The Hall–Kier alpha value is -0.460. The molecule has 0 heterocycles. The van der Waals surface area contributed by atoms with Crippen LogP contribution < -0.4 is 5.32 Å². The second-order valence-corrected chi connectivity index (χ2v) is 7.72. The van der Waals surface area contributed by atoms with E-state index in [0.717, 1.165) is 23.0 Å². The predicted octanol–water partition coefficient (Wildman–Crippen LogP) is 2.54. The smallest absolute Gasteiger partial charge is 0.148 e. The highest BCUT2D eigenvalue weighted by Gasteiger charge is 2.16. The molecular formula is C13H19BrFNO2S. The Kier molecular flexibility index (Phi) is 6.42. The molecule has 0 bridgehead atoms. The quantitative estimate of drug-likeness (QED) is 0.820. The molecule has 0 fully saturated rings. The highest BCUT2D eigenvalue weighted by Crippen LogP contribution is 2.19. The minimum absolute atomic E-state index is 0.0515. The van der Waals surface area contributed by atoms with E-state index in [1.54, 1.807) is 6.07 Å². The molecule has 0 aliphatic carbocycles. The molecule has 0 aliphatic heterocycles. The molecule has 0 aromatic heterocycles. The molecule has 1 rings (SSSR count). The minimum Gasteiger partial charge on any atom is -0.313 e. The van der Waals surface area contributed by atoms with Crippen molar-refractivity contribution in [2.45, 2.75) is 25.8 Å². The van der Waals surface area contributed by atoms with Crippen molar-refractivity contribution >= 4 is 25.8 Å². The highest BCUT2D eigenvalue weighted by molar-refractivity contribution is 9.10. The lowest BCUT2D eigenvalue weighted by atomic mass is 10.1. The Balaban J connectivity index is 2.83. The molecule has 0 saturated heterocycles. The third-order valence-corrected chi connectivity index (χ3v) is 4.44. The van der Waals surface area contributed by atoms with Crippen LogP contribution in [0, 0.1) is 5.82 Å². The first-order chi connectivity index (χ1) is 8.81. The molecule has 1 atom stereocenters. The second-order valence-electron chi connectivity index (χ2n) is 4.68. The van der Waals surface area contributed by atoms with Gasteiger partial charge in [0, 0.05) is 16.8 Å². The Morgan fingerprint density at radius 2 is 2.11 bits per heavy atom. The number of benzene rings is 1. The summed E-state index contributed by atoms with van der Waals surface area (Å²) in [5.41, 5.74) is 0.775. The van der Waals surface area contributed by atoms with Gasteiger partial charge in [0.1, 0.15) is 15.7 Å². The molecule has 6 heteroatoms. The topological polar surface area (TPSA) is 46.2 Å². The van der Waals surface area contributed by atoms with Gasteiger partial charge in [0.25, 0.3) is 0 Å². The predicted molar refractivity (Wildman–Crippen MR) is 79.6 cm³/mol. The van der Waals surface area contributed by atoms with E-state index in [4.69, 9.17) is 0 Å². The van der Waals surface area contributed by atoms with E-state index in [9.17, 15) is 12.8 Å². The zero-order chi connectivity index (χ0) is 14.5. The van der Waals surface area contributed by atoms with Gasteiger partial charge in [0.2, 0.25) is 0 Å². The lowest BCUT2D eigenvalue weighted by molar-refractivity contribution is 0.528. The number of hydrogen-bond donors (Lipinski definition) is 1. The zero-order valence-corrected chi connectivity index (χ0v) is 13.5. The molecule has 1 N–H and O–H groups in total. The Morgan fingerprint density at radius 3 is 2.68 bits per heavy atom. The fourth-order valence-electron chi connectivity index (χ4n) is 1.87. The Bertz CT molecular complexity index is 519. The van der Waals surface area contributed by atoms with Gasteiger partial charge in [0.05, 0.1) is 5.75 Å². The number of halogens is 2. The summed E-state index contributed by atoms with van der Waals surface area (Å²) in [5, 5.41) is 3.20. The third-order valence-electron chi connectivity index (χ3n) is 2.66. The zero-order valence-electron chi connectivity index (χ0n) is 11.1. The van der Waals surface area contributed by atoms with Gasteiger partial charge < -0.3 is 5.32 Å². The van der Waals surface area contributed by atoms with Crippen molar-refractivity contribution in [3.05, 3.63) is 34.1 Å². The monoisotopic (exact) mass is 351 g/mol. The average molecular weight is 352 g/mol. The van der Waals surface area contributed by atoms with Crippen LogP contribution in [0.15, 0.2) is 22.7 Å². The second kappa shape index (κ2) is 7.36. The summed E-state index contributed by atoms with van der Waals surface area (Å²) in [4.78, 5) is 0. The van der Waals surface area contributed by atoms with E-state index in [0.29, 0.717) is 6.42 Å². The van der Waals surface area contributed by atoms with Gasteiger partial charge in [0.15, 0.2) is 0 Å². The Labute approximate surface area is 122 Å². The van der Waals surface area contributed by atoms with Crippen molar-refractivity contribution in [3.63, 3.8) is 0 Å². The normalized spacial score (nSPS) is 13.5. The molecule has 19 heavy (non-hydrogen) atoms. The average Bonchev–Trinajstić information content (AvgIpc) is 2.29. The van der Waals surface area contributed by atoms with E-state index in [2.05, 4.69) is 21.2 Å². The van der Waals surface area contributed by atoms with Crippen LogP contribution in [0.2, 0.25) is 0 Å².